The van der Waals surface area contributed by atoms with Crippen molar-refractivity contribution in [2.45, 2.75) is 26.3 Å². The molecule has 0 amide bonds. The summed E-state index contributed by atoms with van der Waals surface area (Å²) in [5.74, 6) is 0. The van der Waals surface area contributed by atoms with Crippen molar-refractivity contribution in [1.82, 2.24) is 14.5 Å². The largest absolute Gasteiger partial charge is 0.328 e. The number of thiophene rings is 1. The van der Waals surface area contributed by atoms with Gasteiger partial charge in [0.25, 0.3) is 5.56 Å². The fourth-order valence-corrected chi connectivity index (χ4v) is 3.60. The molecule has 3 aromatic heterocycles. The zero-order valence-electron chi connectivity index (χ0n) is 10.8. The van der Waals surface area contributed by atoms with Gasteiger partial charge in [0.2, 0.25) is 0 Å². The molecular formula is C13H12ClN3O2S. The highest BCUT2D eigenvalue weighted by atomic mass is 35.5. The van der Waals surface area contributed by atoms with Crippen LogP contribution in [0, 0.1) is 0 Å². The number of pyridine rings is 1. The van der Waals surface area contributed by atoms with Crippen molar-refractivity contribution < 1.29 is 0 Å². The van der Waals surface area contributed by atoms with Gasteiger partial charge in [0.1, 0.15) is 9.85 Å². The normalized spacial score (nSPS) is 11.5. The van der Waals surface area contributed by atoms with Crippen LogP contribution in [0.15, 0.2) is 21.9 Å². The first kappa shape index (κ1) is 13.3. The van der Waals surface area contributed by atoms with Crippen molar-refractivity contribution in [2.24, 2.45) is 0 Å². The molecule has 3 rings (SSSR count). The van der Waals surface area contributed by atoms with E-state index in [1.807, 2.05) is 0 Å². The highest BCUT2D eigenvalue weighted by molar-refractivity contribution is 7.26. The van der Waals surface area contributed by atoms with Crippen LogP contribution in [0.4, 0.5) is 0 Å². The second-order valence-corrected chi connectivity index (χ2v) is 5.90. The highest BCUT2D eigenvalue weighted by Crippen LogP contribution is 2.34. The molecule has 0 saturated heterocycles. The summed E-state index contributed by atoms with van der Waals surface area (Å²) in [5, 5.41) is 1.17. The molecule has 5 nitrogen and oxygen atoms in total. The molecule has 7 heteroatoms. The molecule has 0 aromatic carbocycles. The third kappa shape index (κ3) is 1.96. The molecule has 0 unspecified atom stereocenters. The van der Waals surface area contributed by atoms with E-state index in [4.69, 9.17) is 11.6 Å². The number of aromatic nitrogens is 3. The van der Waals surface area contributed by atoms with Crippen molar-refractivity contribution in [3.8, 4) is 0 Å². The van der Waals surface area contributed by atoms with E-state index in [-0.39, 0.29) is 11.2 Å². The fraction of sp³-hybridized carbons (Fsp3) is 0.308. The van der Waals surface area contributed by atoms with Gasteiger partial charge in [-0.15, -0.1) is 11.3 Å². The van der Waals surface area contributed by atoms with Crippen LogP contribution in [0.3, 0.4) is 0 Å². The number of fused-ring (bicyclic) bond motifs is 3. The van der Waals surface area contributed by atoms with Crippen LogP contribution >= 0.6 is 22.9 Å². The quantitative estimate of drug-likeness (QED) is 0.756. The van der Waals surface area contributed by atoms with Crippen LogP contribution < -0.4 is 11.2 Å². The minimum Gasteiger partial charge on any atom is -0.292 e. The van der Waals surface area contributed by atoms with Gasteiger partial charge >= 0.3 is 5.69 Å². The number of halogens is 1. The van der Waals surface area contributed by atoms with Gasteiger partial charge in [0, 0.05) is 18.1 Å². The number of hydrogen-bond donors (Lipinski definition) is 1. The van der Waals surface area contributed by atoms with Crippen molar-refractivity contribution in [3.63, 3.8) is 0 Å². The third-order valence-corrected chi connectivity index (χ3v) is 4.81. The van der Waals surface area contributed by atoms with Crippen LogP contribution in [0.2, 0.25) is 5.15 Å². The summed E-state index contributed by atoms with van der Waals surface area (Å²) in [6, 6.07) is 1.79. The minimum absolute atomic E-state index is 0.359. The van der Waals surface area contributed by atoms with Crippen LogP contribution in [0.1, 0.15) is 19.8 Å². The molecule has 20 heavy (non-hydrogen) atoms. The summed E-state index contributed by atoms with van der Waals surface area (Å²) in [6.07, 6.45) is 3.43. The van der Waals surface area contributed by atoms with E-state index in [0.29, 0.717) is 21.9 Å². The summed E-state index contributed by atoms with van der Waals surface area (Å²) in [4.78, 5) is 30.4. The number of aromatic amines is 1. The lowest BCUT2D eigenvalue weighted by Gasteiger charge is -2.06. The van der Waals surface area contributed by atoms with Gasteiger partial charge in [-0.1, -0.05) is 24.9 Å². The van der Waals surface area contributed by atoms with Gasteiger partial charge in [-0.2, -0.15) is 0 Å². The Kier molecular flexibility index (Phi) is 3.35. The Balaban J connectivity index is 2.49. The summed E-state index contributed by atoms with van der Waals surface area (Å²) in [5.41, 5.74) is -0.0740. The average Bonchev–Trinajstić information content (AvgIpc) is 2.80. The number of nitrogens with zero attached hydrogens (tertiary/aromatic N) is 2. The van der Waals surface area contributed by atoms with E-state index in [1.165, 1.54) is 11.3 Å². The molecule has 104 valence electrons. The monoisotopic (exact) mass is 309 g/mol. The van der Waals surface area contributed by atoms with E-state index in [9.17, 15) is 9.59 Å². The molecule has 0 aliphatic heterocycles. The van der Waals surface area contributed by atoms with Crippen LogP contribution in [-0.4, -0.2) is 14.5 Å². The first-order valence-electron chi connectivity index (χ1n) is 6.33. The third-order valence-electron chi connectivity index (χ3n) is 3.21. The Hall–Kier alpha value is -1.66. The molecule has 0 aliphatic rings. The van der Waals surface area contributed by atoms with Gasteiger partial charge in [0.05, 0.1) is 10.2 Å². The van der Waals surface area contributed by atoms with Gasteiger partial charge in [-0.25, -0.2) is 9.78 Å². The van der Waals surface area contributed by atoms with E-state index in [1.54, 1.807) is 16.8 Å². The maximum Gasteiger partial charge on any atom is 0.328 e. The Morgan fingerprint density at radius 2 is 2.20 bits per heavy atom. The minimum atomic E-state index is -0.372. The first-order chi connectivity index (χ1) is 9.63. The van der Waals surface area contributed by atoms with E-state index in [0.717, 1.165) is 22.9 Å². The maximum absolute atomic E-state index is 12.0. The molecule has 3 heterocycles. The predicted molar refractivity (Wildman–Crippen MR) is 81.9 cm³/mol. The van der Waals surface area contributed by atoms with Crippen molar-refractivity contribution in [2.75, 3.05) is 0 Å². The predicted octanol–water partition coefficient (Wildman–Crippen LogP) is 2.75. The van der Waals surface area contributed by atoms with Gasteiger partial charge in [-0.3, -0.25) is 14.3 Å². The number of hydrogen-bond acceptors (Lipinski definition) is 4. The van der Waals surface area contributed by atoms with Gasteiger partial charge in [0.15, 0.2) is 0 Å². The Labute approximate surface area is 122 Å². The lowest BCUT2D eigenvalue weighted by Crippen LogP contribution is -2.29. The summed E-state index contributed by atoms with van der Waals surface area (Å²) in [7, 11) is 0. The average molecular weight is 310 g/mol. The standard InChI is InChI=1S/C13H12ClN3O2S/c1-2-3-6-17-8-7-4-5-15-11(14)9(7)20-10(8)12(18)16-13(17)19/h4-5H,2-3,6H2,1H3,(H,16,18,19). The molecule has 0 bridgehead atoms. The molecule has 0 spiro atoms. The fourth-order valence-electron chi connectivity index (χ4n) is 2.25. The number of unbranched alkanes of at least 4 members (excludes halogenated alkanes) is 1. The highest BCUT2D eigenvalue weighted by Gasteiger charge is 2.15. The Bertz CT molecular complexity index is 909. The molecule has 0 atom stereocenters. The number of H-pyrrole nitrogens is 1. The topological polar surface area (TPSA) is 67.8 Å². The SMILES string of the molecule is CCCCn1c(=O)[nH]c(=O)c2sc3c(Cl)nccc3c21. The van der Waals surface area contributed by atoms with Crippen molar-refractivity contribution in [3.05, 3.63) is 38.3 Å². The Morgan fingerprint density at radius 3 is 2.95 bits per heavy atom. The van der Waals surface area contributed by atoms with Crippen LogP contribution in [-0.2, 0) is 6.54 Å². The number of nitrogens with one attached hydrogen (secondary N) is 1. The van der Waals surface area contributed by atoms with Gasteiger partial charge < -0.3 is 0 Å². The van der Waals surface area contributed by atoms with Crippen molar-refractivity contribution >= 4 is 43.2 Å². The number of rotatable bonds is 3. The maximum atomic E-state index is 12.0. The summed E-state index contributed by atoms with van der Waals surface area (Å²) < 4.78 is 2.88. The molecule has 0 aliphatic carbocycles. The molecular weight excluding hydrogens is 298 g/mol. The van der Waals surface area contributed by atoms with Crippen LogP contribution in [0.25, 0.3) is 20.3 Å². The molecule has 3 aromatic rings. The lowest BCUT2D eigenvalue weighted by molar-refractivity contribution is 0.619. The summed E-state index contributed by atoms with van der Waals surface area (Å²) in [6.45, 7) is 2.63. The smallest absolute Gasteiger partial charge is 0.292 e. The van der Waals surface area contributed by atoms with Gasteiger partial charge in [-0.05, 0) is 12.5 Å². The van der Waals surface area contributed by atoms with Crippen molar-refractivity contribution in [1.29, 1.82) is 0 Å². The van der Waals surface area contributed by atoms with Crippen LogP contribution in [0.5, 0.6) is 0 Å². The van der Waals surface area contributed by atoms with E-state index in [2.05, 4.69) is 16.9 Å². The second kappa shape index (κ2) is 5.03. The number of aryl methyl sites for hydroxylation is 1. The van der Waals surface area contributed by atoms with E-state index >= 15 is 0 Å². The lowest BCUT2D eigenvalue weighted by atomic mass is 10.2. The zero-order valence-corrected chi connectivity index (χ0v) is 12.3. The molecule has 0 saturated carbocycles. The Morgan fingerprint density at radius 1 is 1.40 bits per heavy atom. The molecule has 0 radical (unpaired) electrons. The molecule has 0 fully saturated rings. The van der Waals surface area contributed by atoms with E-state index < -0.39 is 0 Å². The molecule has 1 N–H and O–H groups in total. The summed E-state index contributed by atoms with van der Waals surface area (Å²) >= 11 is 7.35. The zero-order chi connectivity index (χ0) is 14.3. The first-order valence-corrected chi connectivity index (χ1v) is 7.52. The second-order valence-electron chi connectivity index (χ2n) is 4.52.